The summed E-state index contributed by atoms with van der Waals surface area (Å²) < 4.78 is 1.81. The first-order chi connectivity index (χ1) is 13.8. The van der Waals surface area contributed by atoms with E-state index >= 15 is 0 Å². The number of H-pyrrole nitrogens is 1. The number of amides is 1. The summed E-state index contributed by atoms with van der Waals surface area (Å²) in [5.74, 6) is 0.674. The summed E-state index contributed by atoms with van der Waals surface area (Å²) in [6, 6.07) is 3.60. The Morgan fingerprint density at radius 2 is 1.80 bits per heavy atom. The molecule has 3 heterocycles. The fourth-order valence-corrected chi connectivity index (χ4v) is 4.07. The second-order valence-corrected chi connectivity index (χ2v) is 10.9. The molecule has 0 saturated heterocycles. The van der Waals surface area contributed by atoms with Crippen molar-refractivity contribution < 1.29 is 4.79 Å². The molecule has 3 rings (SSSR count). The number of carbonyl (C=O) groups is 1. The van der Waals surface area contributed by atoms with E-state index in [0.29, 0.717) is 16.9 Å². The van der Waals surface area contributed by atoms with Crippen LogP contribution in [0.2, 0.25) is 0 Å². The molecular formula is C23H34N6O. The molecule has 30 heavy (non-hydrogen) atoms. The molecule has 1 amide bonds. The molecule has 3 aromatic heterocycles. The fraction of sp³-hybridized carbons (Fsp3) is 0.522. The monoisotopic (exact) mass is 410 g/mol. The van der Waals surface area contributed by atoms with Gasteiger partial charge in [0.1, 0.15) is 17.0 Å². The first-order valence-corrected chi connectivity index (χ1v) is 10.4. The van der Waals surface area contributed by atoms with E-state index in [-0.39, 0.29) is 22.3 Å². The smallest absolute Gasteiger partial charge is 0.261 e. The van der Waals surface area contributed by atoms with Gasteiger partial charge < -0.3 is 15.6 Å². The average molecular weight is 411 g/mol. The van der Waals surface area contributed by atoms with Crippen molar-refractivity contribution in [2.75, 3.05) is 10.6 Å². The van der Waals surface area contributed by atoms with Gasteiger partial charge in [0.25, 0.3) is 5.91 Å². The number of nitrogens with one attached hydrogen (secondary N) is 3. The van der Waals surface area contributed by atoms with Gasteiger partial charge >= 0.3 is 0 Å². The molecule has 0 aliphatic rings. The third kappa shape index (κ3) is 4.83. The number of rotatable bonds is 5. The van der Waals surface area contributed by atoms with Crippen LogP contribution in [-0.4, -0.2) is 31.0 Å². The standard InChI is InChI=1S/C23H34N6O/c1-21(2,3)14-23(7,8)28-19-17(22(4,5)6)27-18-16(13-25-29(18)19)20(30)26-15-10-9-11-24-12-15/h9-13,27-28H,14H2,1-8H3,(H,26,30). The first kappa shape index (κ1) is 21.9. The molecule has 0 saturated carbocycles. The van der Waals surface area contributed by atoms with Crippen molar-refractivity contribution in [1.29, 1.82) is 0 Å². The lowest BCUT2D eigenvalue weighted by Gasteiger charge is -2.34. The van der Waals surface area contributed by atoms with Gasteiger partial charge in [0, 0.05) is 17.2 Å². The van der Waals surface area contributed by atoms with E-state index in [9.17, 15) is 4.79 Å². The quantitative estimate of drug-likeness (QED) is 0.537. The van der Waals surface area contributed by atoms with Crippen LogP contribution in [0.3, 0.4) is 0 Å². The molecule has 3 N–H and O–H groups in total. The molecule has 0 radical (unpaired) electrons. The zero-order valence-electron chi connectivity index (χ0n) is 19.3. The van der Waals surface area contributed by atoms with Crippen LogP contribution in [0.5, 0.6) is 0 Å². The Morgan fingerprint density at radius 3 is 2.37 bits per heavy atom. The van der Waals surface area contributed by atoms with Crippen LogP contribution < -0.4 is 10.6 Å². The van der Waals surface area contributed by atoms with Crippen molar-refractivity contribution >= 4 is 23.1 Å². The van der Waals surface area contributed by atoms with Gasteiger partial charge in [-0.2, -0.15) is 9.61 Å². The molecule has 0 fully saturated rings. The molecule has 0 atom stereocenters. The SMILES string of the molecule is CC(C)(C)CC(C)(C)Nc1c(C(C)(C)C)[nH]c2c(C(=O)Nc3cccnc3)cnn12. The van der Waals surface area contributed by atoms with E-state index in [1.807, 2.05) is 10.6 Å². The number of nitrogens with zero attached hydrogens (tertiary/aromatic N) is 3. The van der Waals surface area contributed by atoms with Crippen molar-refractivity contribution in [3.8, 4) is 0 Å². The van der Waals surface area contributed by atoms with Gasteiger partial charge in [-0.25, -0.2) is 0 Å². The van der Waals surface area contributed by atoms with Crippen molar-refractivity contribution in [2.45, 2.75) is 72.8 Å². The van der Waals surface area contributed by atoms with Crippen LogP contribution in [0.15, 0.2) is 30.7 Å². The van der Waals surface area contributed by atoms with Gasteiger partial charge in [-0.3, -0.25) is 9.78 Å². The molecule has 0 aromatic carbocycles. The maximum atomic E-state index is 12.9. The Labute approximate surface area is 178 Å². The Hall–Kier alpha value is -2.83. The molecule has 0 unspecified atom stereocenters. The van der Waals surface area contributed by atoms with Gasteiger partial charge in [-0.05, 0) is 37.8 Å². The van der Waals surface area contributed by atoms with Crippen LogP contribution in [0.25, 0.3) is 5.65 Å². The highest BCUT2D eigenvalue weighted by atomic mass is 16.1. The van der Waals surface area contributed by atoms with Gasteiger partial charge in [0.15, 0.2) is 0 Å². The van der Waals surface area contributed by atoms with E-state index in [4.69, 9.17) is 0 Å². The second-order valence-electron chi connectivity index (χ2n) is 10.9. The molecule has 3 aromatic rings. The lowest BCUT2D eigenvalue weighted by Crippen LogP contribution is -2.36. The Kier molecular flexibility index (Phi) is 5.43. The van der Waals surface area contributed by atoms with Crippen LogP contribution in [-0.2, 0) is 5.41 Å². The maximum absolute atomic E-state index is 12.9. The van der Waals surface area contributed by atoms with Gasteiger partial charge in [0.05, 0.1) is 23.8 Å². The van der Waals surface area contributed by atoms with Gasteiger partial charge in [-0.1, -0.05) is 41.5 Å². The number of hydrogen-bond donors (Lipinski definition) is 3. The molecule has 0 aliphatic heterocycles. The average Bonchev–Trinajstić information content (AvgIpc) is 3.13. The number of aromatic amines is 1. The van der Waals surface area contributed by atoms with Crippen molar-refractivity contribution in [1.82, 2.24) is 19.6 Å². The predicted octanol–water partition coefficient (Wildman–Crippen LogP) is 5.23. The summed E-state index contributed by atoms with van der Waals surface area (Å²) in [6.07, 6.45) is 5.87. The lowest BCUT2D eigenvalue weighted by atomic mass is 9.81. The topological polar surface area (TPSA) is 87.1 Å². The summed E-state index contributed by atoms with van der Waals surface area (Å²) in [7, 11) is 0. The molecular weight excluding hydrogens is 376 g/mol. The number of imidazole rings is 1. The molecule has 7 nitrogen and oxygen atoms in total. The largest absolute Gasteiger partial charge is 0.364 e. The molecule has 0 spiro atoms. The highest BCUT2D eigenvalue weighted by molar-refractivity contribution is 6.08. The zero-order chi connectivity index (χ0) is 22.3. The van der Waals surface area contributed by atoms with Crippen LogP contribution in [0.1, 0.15) is 77.9 Å². The molecule has 162 valence electrons. The van der Waals surface area contributed by atoms with Crippen molar-refractivity contribution in [2.24, 2.45) is 5.41 Å². The number of carbonyl (C=O) groups excluding carboxylic acids is 1. The van der Waals surface area contributed by atoms with E-state index in [1.165, 1.54) is 0 Å². The molecule has 0 aliphatic carbocycles. The van der Waals surface area contributed by atoms with Crippen LogP contribution in [0.4, 0.5) is 11.5 Å². The van der Waals surface area contributed by atoms with E-state index in [0.717, 1.165) is 17.9 Å². The van der Waals surface area contributed by atoms with Crippen molar-refractivity contribution in [3.05, 3.63) is 42.0 Å². The van der Waals surface area contributed by atoms with Crippen LogP contribution in [0, 0.1) is 5.41 Å². The highest BCUT2D eigenvalue weighted by Crippen LogP contribution is 2.35. The van der Waals surface area contributed by atoms with Crippen molar-refractivity contribution in [3.63, 3.8) is 0 Å². The minimum absolute atomic E-state index is 0.155. The highest BCUT2D eigenvalue weighted by Gasteiger charge is 2.32. The Bertz CT molecular complexity index is 1030. The zero-order valence-corrected chi connectivity index (χ0v) is 19.3. The van der Waals surface area contributed by atoms with E-state index in [1.54, 1.807) is 24.7 Å². The fourth-order valence-electron chi connectivity index (χ4n) is 4.07. The lowest BCUT2D eigenvalue weighted by molar-refractivity contribution is 0.102. The molecule has 7 heteroatoms. The number of hydrogen-bond acceptors (Lipinski definition) is 4. The number of fused-ring (bicyclic) bond motifs is 1. The Morgan fingerprint density at radius 1 is 1.10 bits per heavy atom. The second kappa shape index (κ2) is 7.45. The molecule has 0 bridgehead atoms. The minimum Gasteiger partial charge on any atom is -0.364 e. The summed E-state index contributed by atoms with van der Waals surface area (Å²) in [4.78, 5) is 20.4. The number of anilines is 2. The third-order valence-corrected chi connectivity index (χ3v) is 4.80. The van der Waals surface area contributed by atoms with E-state index < -0.39 is 0 Å². The van der Waals surface area contributed by atoms with E-state index in [2.05, 4.69) is 81.1 Å². The van der Waals surface area contributed by atoms with Gasteiger partial charge in [-0.15, -0.1) is 0 Å². The Balaban J connectivity index is 2.02. The van der Waals surface area contributed by atoms with Crippen LogP contribution >= 0.6 is 0 Å². The normalized spacial score (nSPS) is 12.9. The van der Waals surface area contributed by atoms with Gasteiger partial charge in [0.2, 0.25) is 0 Å². The number of aromatic nitrogens is 4. The number of pyridine rings is 1. The third-order valence-electron chi connectivity index (χ3n) is 4.80. The summed E-state index contributed by atoms with van der Waals surface area (Å²) in [6.45, 7) is 17.6. The predicted molar refractivity (Wildman–Crippen MR) is 122 cm³/mol. The summed E-state index contributed by atoms with van der Waals surface area (Å²) in [5.41, 5.74) is 2.70. The first-order valence-electron chi connectivity index (χ1n) is 10.4. The summed E-state index contributed by atoms with van der Waals surface area (Å²) >= 11 is 0. The maximum Gasteiger partial charge on any atom is 0.261 e. The summed E-state index contributed by atoms with van der Waals surface area (Å²) in [5, 5.41) is 11.1. The minimum atomic E-state index is -0.222.